The summed E-state index contributed by atoms with van der Waals surface area (Å²) in [6.07, 6.45) is 0.819. The zero-order valence-corrected chi connectivity index (χ0v) is 14.3. The summed E-state index contributed by atoms with van der Waals surface area (Å²) in [7, 11) is 0. The monoisotopic (exact) mass is 356 g/mol. The third-order valence-electron chi connectivity index (χ3n) is 3.09. The molecule has 0 aliphatic carbocycles. The van der Waals surface area contributed by atoms with Crippen LogP contribution < -0.4 is 4.74 Å². The molecule has 0 saturated heterocycles. The molecule has 0 N–H and O–H groups in total. The van der Waals surface area contributed by atoms with Gasteiger partial charge in [-0.05, 0) is 38.5 Å². The molecule has 0 aliphatic heterocycles. The molecule has 0 atom stereocenters. The molecule has 0 amide bonds. The molecule has 0 radical (unpaired) electrons. The molecule has 1 aromatic carbocycles. The second-order valence-electron chi connectivity index (χ2n) is 4.35. The normalized spacial score (nSPS) is 10.8. The van der Waals surface area contributed by atoms with Crippen molar-refractivity contribution in [1.29, 1.82) is 0 Å². The van der Waals surface area contributed by atoms with Gasteiger partial charge in [-0.25, -0.2) is 0 Å². The van der Waals surface area contributed by atoms with Gasteiger partial charge in [0.15, 0.2) is 0 Å². The molecule has 3 nitrogen and oxygen atoms in total. The van der Waals surface area contributed by atoms with E-state index in [1.54, 1.807) is 0 Å². The van der Waals surface area contributed by atoms with Crippen molar-refractivity contribution in [3.05, 3.63) is 33.4 Å². The van der Waals surface area contributed by atoms with Gasteiger partial charge in [-0.3, -0.25) is 4.68 Å². The van der Waals surface area contributed by atoms with E-state index in [4.69, 9.17) is 16.3 Å². The molecule has 0 saturated carbocycles. The lowest BCUT2D eigenvalue weighted by Gasteiger charge is -2.12. The quantitative estimate of drug-likeness (QED) is 0.757. The number of halogens is 2. The molecule has 108 valence electrons. The van der Waals surface area contributed by atoms with Crippen LogP contribution in [0.3, 0.4) is 0 Å². The maximum atomic E-state index is 6.50. The van der Waals surface area contributed by atoms with Crippen molar-refractivity contribution in [1.82, 2.24) is 9.78 Å². The number of nitrogens with zero attached hydrogens (tertiary/aromatic N) is 2. The first-order chi connectivity index (χ1) is 9.62. The van der Waals surface area contributed by atoms with Gasteiger partial charge in [0.05, 0.1) is 23.0 Å². The predicted octanol–water partition coefficient (Wildman–Crippen LogP) is 4.95. The number of aryl methyl sites for hydroxylation is 2. The van der Waals surface area contributed by atoms with Crippen molar-refractivity contribution in [2.24, 2.45) is 0 Å². The second-order valence-corrected chi connectivity index (χ2v) is 5.65. The maximum absolute atomic E-state index is 6.50. The van der Waals surface area contributed by atoms with Crippen molar-refractivity contribution in [2.75, 3.05) is 6.61 Å². The zero-order chi connectivity index (χ0) is 14.7. The van der Waals surface area contributed by atoms with Gasteiger partial charge in [0.1, 0.15) is 5.75 Å². The lowest BCUT2D eigenvalue weighted by atomic mass is 10.1. The molecule has 1 heterocycles. The number of aromatic nitrogens is 2. The van der Waals surface area contributed by atoms with Crippen LogP contribution >= 0.6 is 27.5 Å². The maximum Gasteiger partial charge on any atom is 0.129 e. The Morgan fingerprint density at radius 3 is 2.65 bits per heavy atom. The molecule has 0 spiro atoms. The van der Waals surface area contributed by atoms with Crippen LogP contribution in [0.5, 0.6) is 5.75 Å². The van der Waals surface area contributed by atoms with Gasteiger partial charge in [0.25, 0.3) is 0 Å². The Labute approximate surface area is 133 Å². The first-order valence-electron chi connectivity index (χ1n) is 6.80. The molecular weight excluding hydrogens is 340 g/mol. The molecule has 2 rings (SSSR count). The van der Waals surface area contributed by atoms with Crippen LogP contribution in [0.25, 0.3) is 11.3 Å². The third kappa shape index (κ3) is 2.86. The molecule has 0 bridgehead atoms. The van der Waals surface area contributed by atoms with Crippen molar-refractivity contribution in [3.63, 3.8) is 0 Å². The van der Waals surface area contributed by atoms with E-state index in [2.05, 4.69) is 34.9 Å². The SMILES string of the molecule is CCOc1cc(Br)ccc1-c1c(Cl)c(CC)nn1CC. The fourth-order valence-electron chi connectivity index (χ4n) is 2.17. The summed E-state index contributed by atoms with van der Waals surface area (Å²) in [6, 6.07) is 5.98. The van der Waals surface area contributed by atoms with E-state index in [1.165, 1.54) is 0 Å². The summed E-state index contributed by atoms with van der Waals surface area (Å²) < 4.78 is 8.66. The lowest BCUT2D eigenvalue weighted by molar-refractivity contribution is 0.341. The molecule has 0 unspecified atom stereocenters. The Bertz CT molecular complexity index is 610. The van der Waals surface area contributed by atoms with Gasteiger partial charge < -0.3 is 4.74 Å². The molecule has 1 aromatic heterocycles. The van der Waals surface area contributed by atoms with Crippen LogP contribution in [0.15, 0.2) is 22.7 Å². The molecule has 20 heavy (non-hydrogen) atoms. The largest absolute Gasteiger partial charge is 0.493 e. The first kappa shape index (κ1) is 15.4. The van der Waals surface area contributed by atoms with E-state index in [9.17, 15) is 0 Å². The Morgan fingerprint density at radius 2 is 2.05 bits per heavy atom. The van der Waals surface area contributed by atoms with Gasteiger partial charge in [-0.2, -0.15) is 5.10 Å². The van der Waals surface area contributed by atoms with Gasteiger partial charge in [-0.1, -0.05) is 34.5 Å². The molecule has 2 aromatic rings. The van der Waals surface area contributed by atoms with Crippen LogP contribution in [-0.4, -0.2) is 16.4 Å². The number of hydrogen-bond donors (Lipinski definition) is 0. The fourth-order valence-corrected chi connectivity index (χ4v) is 2.88. The van der Waals surface area contributed by atoms with E-state index >= 15 is 0 Å². The smallest absolute Gasteiger partial charge is 0.129 e. The predicted molar refractivity (Wildman–Crippen MR) is 86.6 cm³/mol. The molecule has 0 fully saturated rings. The van der Waals surface area contributed by atoms with Crippen LogP contribution in [0.4, 0.5) is 0 Å². The summed E-state index contributed by atoms with van der Waals surface area (Å²) in [5.74, 6) is 0.820. The minimum Gasteiger partial charge on any atom is -0.493 e. The number of hydrogen-bond acceptors (Lipinski definition) is 2. The molecular formula is C15H18BrClN2O. The van der Waals surface area contributed by atoms with Crippen molar-refractivity contribution in [2.45, 2.75) is 33.7 Å². The van der Waals surface area contributed by atoms with Gasteiger partial charge in [0, 0.05) is 16.6 Å². The highest BCUT2D eigenvalue weighted by Crippen LogP contribution is 2.38. The minimum atomic E-state index is 0.613. The summed E-state index contributed by atoms with van der Waals surface area (Å²) in [6.45, 7) is 7.48. The Morgan fingerprint density at radius 1 is 1.30 bits per heavy atom. The van der Waals surface area contributed by atoms with Crippen molar-refractivity contribution < 1.29 is 4.74 Å². The number of rotatable bonds is 5. The Kier molecular flexibility index (Phi) is 5.11. The van der Waals surface area contributed by atoms with Gasteiger partial charge >= 0.3 is 0 Å². The van der Waals surface area contributed by atoms with Gasteiger partial charge in [0.2, 0.25) is 0 Å². The highest BCUT2D eigenvalue weighted by atomic mass is 79.9. The second kappa shape index (κ2) is 6.64. The topological polar surface area (TPSA) is 27.1 Å². The van der Waals surface area contributed by atoms with E-state index in [1.807, 2.05) is 29.8 Å². The highest BCUT2D eigenvalue weighted by Gasteiger charge is 2.19. The van der Waals surface area contributed by atoms with Crippen molar-refractivity contribution in [3.8, 4) is 17.0 Å². The van der Waals surface area contributed by atoms with Crippen LogP contribution in [0, 0.1) is 0 Å². The fraction of sp³-hybridized carbons (Fsp3) is 0.400. The summed E-state index contributed by atoms with van der Waals surface area (Å²) in [5, 5.41) is 5.28. The average molecular weight is 358 g/mol. The number of ether oxygens (including phenoxy) is 1. The minimum absolute atomic E-state index is 0.613. The van der Waals surface area contributed by atoms with E-state index in [0.29, 0.717) is 6.61 Å². The Balaban J connectivity index is 2.64. The molecule has 0 aliphatic rings. The zero-order valence-electron chi connectivity index (χ0n) is 11.9. The van der Waals surface area contributed by atoms with Crippen LogP contribution in [0.1, 0.15) is 26.5 Å². The average Bonchev–Trinajstić information content (AvgIpc) is 2.76. The van der Waals surface area contributed by atoms with E-state index in [-0.39, 0.29) is 0 Å². The number of benzene rings is 1. The highest BCUT2D eigenvalue weighted by molar-refractivity contribution is 9.10. The summed E-state index contributed by atoms with van der Waals surface area (Å²) in [5.41, 5.74) is 2.84. The standard InChI is InChI=1S/C15H18BrClN2O/c1-4-12-14(17)15(19(5-2)18-12)11-8-7-10(16)9-13(11)20-6-3/h7-9H,4-6H2,1-3H3. The van der Waals surface area contributed by atoms with E-state index in [0.717, 1.165) is 45.2 Å². The third-order valence-corrected chi connectivity index (χ3v) is 3.98. The van der Waals surface area contributed by atoms with Crippen LogP contribution in [-0.2, 0) is 13.0 Å². The Hall–Kier alpha value is -1.00. The summed E-state index contributed by atoms with van der Waals surface area (Å²) >= 11 is 9.98. The van der Waals surface area contributed by atoms with Gasteiger partial charge in [-0.15, -0.1) is 0 Å². The molecule has 5 heteroatoms. The summed E-state index contributed by atoms with van der Waals surface area (Å²) in [4.78, 5) is 0. The first-order valence-corrected chi connectivity index (χ1v) is 7.97. The lowest BCUT2D eigenvalue weighted by Crippen LogP contribution is -2.02. The van der Waals surface area contributed by atoms with Crippen molar-refractivity contribution >= 4 is 27.5 Å². The van der Waals surface area contributed by atoms with E-state index < -0.39 is 0 Å². The van der Waals surface area contributed by atoms with Crippen LogP contribution in [0.2, 0.25) is 5.02 Å².